The molecule has 1 aromatic heterocycles. The molecule has 2 unspecified atom stereocenters. The summed E-state index contributed by atoms with van der Waals surface area (Å²) >= 11 is 0. The molecule has 20 heavy (non-hydrogen) atoms. The van der Waals surface area contributed by atoms with Gasteiger partial charge in [0.1, 0.15) is 5.92 Å². The van der Waals surface area contributed by atoms with E-state index < -0.39 is 11.9 Å². The Kier molecular flexibility index (Phi) is 4.39. The number of aryl methyl sites for hydroxylation is 1. The summed E-state index contributed by atoms with van der Waals surface area (Å²) in [6.07, 6.45) is 0. The Morgan fingerprint density at radius 1 is 1.55 bits per heavy atom. The average Bonchev–Trinajstić information content (AvgIpc) is 2.88. The Labute approximate surface area is 117 Å². The monoisotopic (exact) mass is 281 g/mol. The van der Waals surface area contributed by atoms with Gasteiger partial charge in [-0.2, -0.15) is 4.98 Å². The number of aromatic nitrogens is 2. The lowest BCUT2D eigenvalue weighted by Gasteiger charge is -2.29. The van der Waals surface area contributed by atoms with Gasteiger partial charge in [0.2, 0.25) is 11.8 Å². The highest BCUT2D eigenvalue weighted by Crippen LogP contribution is 2.25. The number of carboxylic acids is 1. The van der Waals surface area contributed by atoms with Crippen molar-refractivity contribution < 1.29 is 19.4 Å². The molecule has 1 aromatic rings. The van der Waals surface area contributed by atoms with E-state index in [1.165, 1.54) is 0 Å². The van der Waals surface area contributed by atoms with Crippen LogP contribution < -0.4 is 9.64 Å². The number of nitrogens with zero attached hydrogens (tertiary/aromatic N) is 3. The highest BCUT2D eigenvalue weighted by molar-refractivity contribution is 5.72. The van der Waals surface area contributed by atoms with Crippen LogP contribution in [0, 0.1) is 12.8 Å². The van der Waals surface area contributed by atoms with Gasteiger partial charge >= 0.3 is 5.97 Å². The predicted octanol–water partition coefficient (Wildman–Crippen LogP) is 0.720. The molecule has 0 bridgehead atoms. The summed E-state index contributed by atoms with van der Waals surface area (Å²) < 4.78 is 10.5. The molecule has 7 heteroatoms. The number of likely N-dealkylation sites (N-methyl/N-ethyl adjacent to an activating group) is 1. The zero-order valence-electron chi connectivity index (χ0n) is 11.9. The van der Waals surface area contributed by atoms with Crippen LogP contribution in [-0.2, 0) is 9.53 Å². The van der Waals surface area contributed by atoms with E-state index in [4.69, 9.17) is 9.47 Å². The third-order valence-corrected chi connectivity index (χ3v) is 3.39. The zero-order valence-corrected chi connectivity index (χ0v) is 11.9. The fourth-order valence-corrected chi connectivity index (χ4v) is 2.37. The molecule has 0 aromatic carbocycles. The zero-order chi connectivity index (χ0) is 14.7. The van der Waals surface area contributed by atoms with Crippen molar-refractivity contribution in [2.45, 2.75) is 19.9 Å². The molecule has 1 N–H and O–H groups in total. The second kappa shape index (κ2) is 6.04. The van der Waals surface area contributed by atoms with E-state index >= 15 is 0 Å². The van der Waals surface area contributed by atoms with Crippen molar-refractivity contribution in [2.75, 3.05) is 31.8 Å². The van der Waals surface area contributed by atoms with Gasteiger partial charge in [-0.3, -0.25) is 4.79 Å². The lowest BCUT2D eigenvalue weighted by atomic mass is 10.0. The molecular formula is C13H19N3O4. The number of carboxylic acid groups (broad SMARTS) is 1. The number of rotatable bonds is 5. The van der Waals surface area contributed by atoms with Crippen LogP contribution in [-0.4, -0.2) is 54.0 Å². The standard InChI is InChI=1S/C13H19N3O4/c1-4-16(10-7-20-6-9(10)12(17)18)13-14-8(2)5-11(15-13)19-3/h5,9-10H,4,6-7H2,1-3H3,(H,17,18). The van der Waals surface area contributed by atoms with Gasteiger partial charge in [0, 0.05) is 18.3 Å². The average molecular weight is 281 g/mol. The van der Waals surface area contributed by atoms with Crippen LogP contribution in [0.1, 0.15) is 12.6 Å². The maximum Gasteiger partial charge on any atom is 0.311 e. The normalized spacial score (nSPS) is 21.8. The fraction of sp³-hybridized carbons (Fsp3) is 0.615. The minimum atomic E-state index is -0.856. The number of methoxy groups -OCH3 is 1. The smallest absolute Gasteiger partial charge is 0.311 e. The highest BCUT2D eigenvalue weighted by atomic mass is 16.5. The third kappa shape index (κ3) is 2.82. The van der Waals surface area contributed by atoms with Crippen LogP contribution in [0.5, 0.6) is 5.88 Å². The lowest BCUT2D eigenvalue weighted by molar-refractivity contribution is -0.141. The molecule has 1 aliphatic heterocycles. The van der Waals surface area contributed by atoms with E-state index in [1.807, 2.05) is 18.7 Å². The number of hydrogen-bond donors (Lipinski definition) is 1. The fourth-order valence-electron chi connectivity index (χ4n) is 2.37. The Bertz CT molecular complexity index is 495. The summed E-state index contributed by atoms with van der Waals surface area (Å²) in [4.78, 5) is 21.8. The van der Waals surface area contributed by atoms with Gasteiger partial charge in [-0.25, -0.2) is 4.98 Å². The van der Waals surface area contributed by atoms with Crippen molar-refractivity contribution in [3.05, 3.63) is 11.8 Å². The van der Waals surface area contributed by atoms with Gasteiger partial charge in [0.05, 0.1) is 26.4 Å². The second-order valence-electron chi connectivity index (χ2n) is 4.69. The molecule has 110 valence electrons. The Hall–Kier alpha value is -1.89. The molecule has 7 nitrogen and oxygen atoms in total. The van der Waals surface area contributed by atoms with Crippen molar-refractivity contribution in [2.24, 2.45) is 5.92 Å². The number of aliphatic carboxylic acids is 1. The Balaban J connectivity index is 2.32. The summed E-state index contributed by atoms with van der Waals surface area (Å²) in [7, 11) is 1.54. The Morgan fingerprint density at radius 2 is 2.30 bits per heavy atom. The van der Waals surface area contributed by atoms with Crippen LogP contribution in [0.3, 0.4) is 0 Å². The maximum atomic E-state index is 11.3. The molecule has 0 radical (unpaired) electrons. The van der Waals surface area contributed by atoms with Gasteiger partial charge in [-0.05, 0) is 13.8 Å². The van der Waals surface area contributed by atoms with Crippen LogP contribution in [0.4, 0.5) is 5.95 Å². The molecule has 0 aliphatic carbocycles. The van der Waals surface area contributed by atoms with Gasteiger partial charge in [-0.15, -0.1) is 0 Å². The quantitative estimate of drug-likeness (QED) is 0.851. The van der Waals surface area contributed by atoms with Crippen LogP contribution in [0.2, 0.25) is 0 Å². The van der Waals surface area contributed by atoms with Crippen LogP contribution in [0.25, 0.3) is 0 Å². The predicted molar refractivity (Wildman–Crippen MR) is 72.1 cm³/mol. The molecule has 2 atom stereocenters. The molecular weight excluding hydrogens is 262 g/mol. The van der Waals surface area contributed by atoms with Gasteiger partial charge in [-0.1, -0.05) is 0 Å². The number of ether oxygens (including phenoxy) is 2. The second-order valence-corrected chi connectivity index (χ2v) is 4.69. The van der Waals surface area contributed by atoms with E-state index in [-0.39, 0.29) is 12.6 Å². The van der Waals surface area contributed by atoms with Crippen molar-refractivity contribution in [3.8, 4) is 5.88 Å². The van der Waals surface area contributed by atoms with Gasteiger partial charge in [0.15, 0.2) is 0 Å². The minimum absolute atomic E-state index is 0.222. The number of carbonyl (C=O) groups is 1. The lowest BCUT2D eigenvalue weighted by Crippen LogP contribution is -2.44. The van der Waals surface area contributed by atoms with E-state index in [2.05, 4.69) is 9.97 Å². The highest BCUT2D eigenvalue weighted by Gasteiger charge is 2.38. The molecule has 2 heterocycles. The van der Waals surface area contributed by atoms with Crippen molar-refractivity contribution in [1.82, 2.24) is 9.97 Å². The van der Waals surface area contributed by atoms with E-state index in [9.17, 15) is 9.90 Å². The molecule has 2 rings (SSSR count). The topological polar surface area (TPSA) is 84.8 Å². The van der Waals surface area contributed by atoms with Crippen molar-refractivity contribution in [3.63, 3.8) is 0 Å². The summed E-state index contributed by atoms with van der Waals surface area (Å²) in [5.74, 6) is -0.474. The van der Waals surface area contributed by atoms with E-state index in [0.29, 0.717) is 25.0 Å². The first-order chi connectivity index (χ1) is 9.56. The molecule has 1 saturated heterocycles. The SMILES string of the molecule is CCN(c1nc(C)cc(OC)n1)C1COCC1C(=O)O. The van der Waals surface area contributed by atoms with Crippen LogP contribution >= 0.6 is 0 Å². The first kappa shape index (κ1) is 14.5. The summed E-state index contributed by atoms with van der Waals surface area (Å²) in [6, 6.07) is 1.47. The van der Waals surface area contributed by atoms with Crippen molar-refractivity contribution >= 4 is 11.9 Å². The molecule has 0 saturated carbocycles. The summed E-state index contributed by atoms with van der Waals surface area (Å²) in [5.41, 5.74) is 0.774. The van der Waals surface area contributed by atoms with Crippen molar-refractivity contribution in [1.29, 1.82) is 0 Å². The molecule has 0 spiro atoms. The maximum absolute atomic E-state index is 11.3. The van der Waals surface area contributed by atoms with Gasteiger partial charge < -0.3 is 19.5 Å². The molecule has 1 fully saturated rings. The Morgan fingerprint density at radius 3 is 2.90 bits per heavy atom. The third-order valence-electron chi connectivity index (χ3n) is 3.39. The van der Waals surface area contributed by atoms with Gasteiger partial charge in [0.25, 0.3) is 0 Å². The summed E-state index contributed by atoms with van der Waals surface area (Å²) in [5, 5.41) is 9.26. The largest absolute Gasteiger partial charge is 0.481 e. The van der Waals surface area contributed by atoms with E-state index in [1.54, 1.807) is 13.2 Å². The van der Waals surface area contributed by atoms with Crippen LogP contribution in [0.15, 0.2) is 6.07 Å². The number of anilines is 1. The first-order valence-electron chi connectivity index (χ1n) is 6.53. The van der Waals surface area contributed by atoms with E-state index in [0.717, 1.165) is 5.69 Å². The summed E-state index contributed by atoms with van der Waals surface area (Å²) in [6.45, 7) is 4.98. The minimum Gasteiger partial charge on any atom is -0.481 e. The number of hydrogen-bond acceptors (Lipinski definition) is 6. The first-order valence-corrected chi connectivity index (χ1v) is 6.53. The molecule has 0 amide bonds. The molecule has 1 aliphatic rings.